The first-order valence-electron chi connectivity index (χ1n) is 6.73. The molecule has 0 aromatic heterocycles. The van der Waals surface area contributed by atoms with Gasteiger partial charge in [0, 0.05) is 18.8 Å². The Morgan fingerprint density at radius 3 is 2.61 bits per heavy atom. The van der Waals surface area contributed by atoms with Crippen molar-refractivity contribution in [3.05, 3.63) is 35.4 Å². The highest BCUT2D eigenvalue weighted by molar-refractivity contribution is 7.98. The van der Waals surface area contributed by atoms with Crippen LogP contribution in [0.2, 0.25) is 0 Å². The Morgan fingerprint density at radius 1 is 1.22 bits per heavy atom. The molecule has 102 valence electrons. The van der Waals surface area contributed by atoms with E-state index < -0.39 is 0 Å². The Bertz CT molecular complexity index is 328. The van der Waals surface area contributed by atoms with Gasteiger partial charge in [-0.1, -0.05) is 31.2 Å². The quantitative estimate of drug-likeness (QED) is 0.692. The van der Waals surface area contributed by atoms with E-state index in [1.807, 2.05) is 11.8 Å². The van der Waals surface area contributed by atoms with Crippen molar-refractivity contribution in [3.8, 4) is 0 Å². The van der Waals surface area contributed by atoms with Gasteiger partial charge in [-0.25, -0.2) is 0 Å². The molecule has 0 atom stereocenters. The number of rotatable bonds is 9. The normalized spacial score (nSPS) is 11.1. The highest BCUT2D eigenvalue weighted by Gasteiger charge is 2.04. The van der Waals surface area contributed by atoms with Crippen LogP contribution >= 0.6 is 11.8 Å². The first-order valence-corrected chi connectivity index (χ1v) is 8.12. The van der Waals surface area contributed by atoms with E-state index in [-0.39, 0.29) is 0 Å². The number of hydrogen-bond acceptors (Lipinski definition) is 3. The summed E-state index contributed by atoms with van der Waals surface area (Å²) in [5.74, 6) is 1.20. The fourth-order valence-corrected chi connectivity index (χ4v) is 2.47. The van der Waals surface area contributed by atoms with Gasteiger partial charge in [0.05, 0.1) is 0 Å². The highest BCUT2D eigenvalue weighted by atomic mass is 32.2. The number of nitrogens with zero attached hydrogens (tertiary/aromatic N) is 1. The summed E-state index contributed by atoms with van der Waals surface area (Å²) in [5.41, 5.74) is 2.95. The van der Waals surface area contributed by atoms with Crippen molar-refractivity contribution in [1.82, 2.24) is 10.2 Å². The van der Waals surface area contributed by atoms with Crippen molar-refractivity contribution < 1.29 is 0 Å². The van der Waals surface area contributed by atoms with Crippen molar-refractivity contribution in [2.45, 2.75) is 19.9 Å². The lowest BCUT2D eigenvalue weighted by atomic mass is 10.0. The van der Waals surface area contributed by atoms with Crippen LogP contribution in [-0.4, -0.2) is 43.6 Å². The number of nitrogens with one attached hydrogen (secondary N) is 1. The van der Waals surface area contributed by atoms with Gasteiger partial charge in [-0.15, -0.1) is 0 Å². The molecule has 1 N–H and O–H groups in total. The molecule has 3 heteroatoms. The summed E-state index contributed by atoms with van der Waals surface area (Å²) in [6, 6.07) is 8.81. The number of benzene rings is 1. The minimum Gasteiger partial charge on any atom is -0.317 e. The molecule has 0 aliphatic carbocycles. The van der Waals surface area contributed by atoms with E-state index in [1.165, 1.54) is 16.9 Å². The van der Waals surface area contributed by atoms with Gasteiger partial charge in [-0.05, 0) is 43.9 Å². The van der Waals surface area contributed by atoms with Crippen molar-refractivity contribution in [2.75, 3.05) is 38.7 Å². The lowest BCUT2D eigenvalue weighted by Crippen LogP contribution is -2.22. The van der Waals surface area contributed by atoms with Gasteiger partial charge in [0.25, 0.3) is 0 Å². The van der Waals surface area contributed by atoms with Gasteiger partial charge in [0.2, 0.25) is 0 Å². The van der Waals surface area contributed by atoms with Crippen molar-refractivity contribution in [1.29, 1.82) is 0 Å². The van der Waals surface area contributed by atoms with E-state index in [1.54, 1.807) is 0 Å². The Morgan fingerprint density at radius 2 is 1.94 bits per heavy atom. The van der Waals surface area contributed by atoms with E-state index in [2.05, 4.69) is 54.7 Å². The molecule has 0 fully saturated rings. The van der Waals surface area contributed by atoms with Crippen LogP contribution in [0, 0.1) is 0 Å². The number of likely N-dealkylation sites (N-methyl/N-ethyl adjacent to an activating group) is 1. The summed E-state index contributed by atoms with van der Waals surface area (Å²) in [6.07, 6.45) is 3.29. The highest BCUT2D eigenvalue weighted by Crippen LogP contribution is 2.12. The Balaban J connectivity index is 2.52. The molecule has 0 aliphatic heterocycles. The topological polar surface area (TPSA) is 15.3 Å². The summed E-state index contributed by atoms with van der Waals surface area (Å²) < 4.78 is 0. The predicted octanol–water partition coefficient (Wildman–Crippen LogP) is 2.63. The molecule has 0 spiro atoms. The van der Waals surface area contributed by atoms with Gasteiger partial charge in [-0.2, -0.15) is 11.8 Å². The van der Waals surface area contributed by atoms with Crippen LogP contribution in [0.5, 0.6) is 0 Å². The minimum absolute atomic E-state index is 1.05. The first-order chi connectivity index (χ1) is 8.77. The van der Waals surface area contributed by atoms with E-state index in [9.17, 15) is 0 Å². The van der Waals surface area contributed by atoms with E-state index in [4.69, 9.17) is 0 Å². The van der Waals surface area contributed by atoms with Crippen LogP contribution < -0.4 is 5.32 Å². The third-order valence-corrected chi connectivity index (χ3v) is 3.65. The summed E-state index contributed by atoms with van der Waals surface area (Å²) in [7, 11) is 2.21. The maximum absolute atomic E-state index is 3.39. The Hall–Kier alpha value is -0.510. The van der Waals surface area contributed by atoms with Crippen LogP contribution in [0.25, 0.3) is 0 Å². The minimum atomic E-state index is 1.05. The molecular formula is C15H26N2S. The van der Waals surface area contributed by atoms with E-state index in [0.717, 1.165) is 32.6 Å². The monoisotopic (exact) mass is 266 g/mol. The van der Waals surface area contributed by atoms with Crippen molar-refractivity contribution in [3.63, 3.8) is 0 Å². The van der Waals surface area contributed by atoms with Crippen LogP contribution in [-0.2, 0) is 13.0 Å². The van der Waals surface area contributed by atoms with Crippen LogP contribution in [0.4, 0.5) is 0 Å². The van der Waals surface area contributed by atoms with E-state index >= 15 is 0 Å². The molecular weight excluding hydrogens is 240 g/mol. The van der Waals surface area contributed by atoms with Crippen molar-refractivity contribution in [2.24, 2.45) is 0 Å². The maximum Gasteiger partial charge on any atom is 0.0233 e. The molecule has 0 heterocycles. The lowest BCUT2D eigenvalue weighted by molar-refractivity contribution is 0.347. The zero-order chi connectivity index (χ0) is 13.2. The predicted molar refractivity (Wildman–Crippen MR) is 83.4 cm³/mol. The van der Waals surface area contributed by atoms with Crippen LogP contribution in [0.1, 0.15) is 18.1 Å². The molecule has 0 amide bonds. The molecule has 2 nitrogen and oxygen atoms in total. The summed E-state index contributed by atoms with van der Waals surface area (Å²) in [6.45, 7) is 6.49. The third-order valence-electron chi connectivity index (χ3n) is 3.06. The van der Waals surface area contributed by atoms with Gasteiger partial charge in [-0.3, -0.25) is 0 Å². The smallest absolute Gasteiger partial charge is 0.0233 e. The van der Waals surface area contributed by atoms with Gasteiger partial charge < -0.3 is 10.2 Å². The molecule has 0 unspecified atom stereocenters. The summed E-state index contributed by atoms with van der Waals surface area (Å²) >= 11 is 1.91. The molecule has 0 saturated heterocycles. The van der Waals surface area contributed by atoms with E-state index in [0.29, 0.717) is 0 Å². The molecule has 0 bridgehead atoms. The second kappa shape index (κ2) is 9.42. The zero-order valence-corrected chi connectivity index (χ0v) is 12.7. The largest absolute Gasteiger partial charge is 0.317 e. The molecule has 0 saturated carbocycles. The SMILES string of the molecule is CCNCCc1ccccc1CN(C)CCSC. The third kappa shape index (κ3) is 5.89. The maximum atomic E-state index is 3.39. The average Bonchev–Trinajstić information content (AvgIpc) is 2.38. The Labute approximate surface area is 116 Å². The summed E-state index contributed by atoms with van der Waals surface area (Å²) in [5, 5.41) is 3.39. The molecule has 1 aromatic rings. The van der Waals surface area contributed by atoms with Gasteiger partial charge in [0.1, 0.15) is 0 Å². The second-order valence-electron chi connectivity index (χ2n) is 4.60. The second-order valence-corrected chi connectivity index (χ2v) is 5.59. The Kier molecular flexibility index (Phi) is 8.14. The zero-order valence-electron chi connectivity index (χ0n) is 11.9. The van der Waals surface area contributed by atoms with Crippen molar-refractivity contribution >= 4 is 11.8 Å². The van der Waals surface area contributed by atoms with Gasteiger partial charge >= 0.3 is 0 Å². The molecule has 0 radical (unpaired) electrons. The molecule has 1 aromatic carbocycles. The molecule has 1 rings (SSSR count). The molecule has 0 aliphatic rings. The number of hydrogen-bond donors (Lipinski definition) is 1. The van der Waals surface area contributed by atoms with Crippen LogP contribution in [0.3, 0.4) is 0 Å². The number of thioether (sulfide) groups is 1. The molecule has 18 heavy (non-hydrogen) atoms. The van der Waals surface area contributed by atoms with Crippen LogP contribution in [0.15, 0.2) is 24.3 Å². The average molecular weight is 266 g/mol. The summed E-state index contributed by atoms with van der Waals surface area (Å²) in [4.78, 5) is 2.41. The fraction of sp³-hybridized carbons (Fsp3) is 0.600. The fourth-order valence-electron chi connectivity index (χ4n) is 1.97. The lowest BCUT2D eigenvalue weighted by Gasteiger charge is -2.18. The standard InChI is InChI=1S/C15H26N2S/c1-4-16-10-9-14-7-5-6-8-15(14)13-17(2)11-12-18-3/h5-8,16H,4,9-13H2,1-3H3. The van der Waals surface area contributed by atoms with Gasteiger partial charge in [0.15, 0.2) is 0 Å². The first kappa shape index (κ1) is 15.5.